The average Bonchev–Trinajstić information content (AvgIpc) is 2.78. The fourth-order valence-electron chi connectivity index (χ4n) is 3.41. The van der Waals surface area contributed by atoms with Crippen molar-refractivity contribution in [2.75, 3.05) is 19.4 Å². The predicted octanol–water partition coefficient (Wildman–Crippen LogP) is 4.82. The molecule has 0 heterocycles. The summed E-state index contributed by atoms with van der Waals surface area (Å²) >= 11 is 1.56. The molecule has 0 bridgehead atoms. The van der Waals surface area contributed by atoms with E-state index >= 15 is 0 Å². The number of benzene rings is 2. The van der Waals surface area contributed by atoms with E-state index in [9.17, 15) is 9.59 Å². The van der Waals surface area contributed by atoms with Crippen molar-refractivity contribution < 1.29 is 14.3 Å². The number of thioether (sulfide) groups is 1. The van der Waals surface area contributed by atoms with E-state index in [4.69, 9.17) is 4.74 Å². The summed E-state index contributed by atoms with van der Waals surface area (Å²) < 4.78 is 5.20. The number of nitrogens with one attached hydrogen (secondary N) is 1. The largest absolute Gasteiger partial charge is 0.497 e. The molecule has 2 aromatic rings. The molecule has 6 heteroatoms. The van der Waals surface area contributed by atoms with Gasteiger partial charge in [0.2, 0.25) is 11.8 Å². The van der Waals surface area contributed by atoms with Gasteiger partial charge in [0, 0.05) is 18.8 Å². The van der Waals surface area contributed by atoms with Gasteiger partial charge in [0.25, 0.3) is 0 Å². The topological polar surface area (TPSA) is 58.6 Å². The van der Waals surface area contributed by atoms with Crippen LogP contribution in [0, 0.1) is 12.8 Å². The van der Waals surface area contributed by atoms with Gasteiger partial charge in [-0.05, 0) is 42.5 Å². The minimum Gasteiger partial charge on any atom is -0.497 e. The number of rotatable bonds is 12. The Labute approximate surface area is 196 Å². The van der Waals surface area contributed by atoms with Crippen molar-refractivity contribution in [2.24, 2.45) is 5.92 Å². The SMILES string of the molecule is CCC(C(=O)NCC(C)C)N(Cc1cccc(C)c1)C(=O)CSCc1ccc(OC)cc1. The van der Waals surface area contributed by atoms with Crippen LogP contribution in [0.2, 0.25) is 0 Å². The van der Waals surface area contributed by atoms with Crippen LogP contribution in [0.4, 0.5) is 0 Å². The molecule has 0 aliphatic heterocycles. The second-order valence-corrected chi connectivity index (χ2v) is 9.40. The average molecular weight is 457 g/mol. The maximum Gasteiger partial charge on any atom is 0.242 e. The van der Waals surface area contributed by atoms with E-state index < -0.39 is 6.04 Å². The molecule has 2 amide bonds. The Hall–Kier alpha value is -2.47. The third kappa shape index (κ3) is 8.23. The Morgan fingerprint density at radius 2 is 1.81 bits per heavy atom. The molecule has 0 radical (unpaired) electrons. The number of methoxy groups -OCH3 is 1. The Balaban J connectivity index is 2.10. The maximum atomic E-state index is 13.3. The molecule has 32 heavy (non-hydrogen) atoms. The second-order valence-electron chi connectivity index (χ2n) is 8.41. The molecule has 1 N–H and O–H groups in total. The lowest BCUT2D eigenvalue weighted by Crippen LogP contribution is -2.50. The molecule has 2 rings (SSSR count). The molecule has 0 spiro atoms. The third-order valence-corrected chi connectivity index (χ3v) is 6.15. The van der Waals surface area contributed by atoms with Crippen LogP contribution in [0.15, 0.2) is 48.5 Å². The van der Waals surface area contributed by atoms with Crippen molar-refractivity contribution in [3.8, 4) is 5.75 Å². The van der Waals surface area contributed by atoms with Crippen molar-refractivity contribution in [2.45, 2.75) is 52.5 Å². The van der Waals surface area contributed by atoms with Gasteiger partial charge in [-0.15, -0.1) is 11.8 Å². The highest BCUT2D eigenvalue weighted by Gasteiger charge is 2.28. The first kappa shape index (κ1) is 25.8. The van der Waals surface area contributed by atoms with E-state index in [0.717, 1.165) is 28.2 Å². The van der Waals surface area contributed by atoms with Gasteiger partial charge in [0.05, 0.1) is 12.9 Å². The summed E-state index contributed by atoms with van der Waals surface area (Å²) in [6, 6.07) is 15.5. The van der Waals surface area contributed by atoms with E-state index in [1.54, 1.807) is 23.8 Å². The molecule has 174 valence electrons. The molecule has 0 aliphatic carbocycles. The molecule has 0 aromatic heterocycles. The Morgan fingerprint density at radius 1 is 1.09 bits per heavy atom. The van der Waals surface area contributed by atoms with Crippen LogP contribution in [0.5, 0.6) is 5.75 Å². The first-order chi connectivity index (χ1) is 15.3. The van der Waals surface area contributed by atoms with E-state index in [1.165, 1.54) is 0 Å². The number of aryl methyl sites for hydroxylation is 1. The van der Waals surface area contributed by atoms with E-state index in [-0.39, 0.29) is 11.8 Å². The number of carbonyl (C=O) groups is 2. The van der Waals surface area contributed by atoms with Crippen molar-refractivity contribution in [1.29, 1.82) is 0 Å². The van der Waals surface area contributed by atoms with E-state index in [2.05, 4.69) is 25.2 Å². The molecular formula is C26H36N2O3S. The normalized spacial score (nSPS) is 11.8. The molecular weight excluding hydrogens is 420 g/mol. The van der Waals surface area contributed by atoms with E-state index in [1.807, 2.05) is 56.3 Å². The van der Waals surface area contributed by atoms with Gasteiger partial charge in [0.1, 0.15) is 11.8 Å². The van der Waals surface area contributed by atoms with Gasteiger partial charge in [-0.3, -0.25) is 9.59 Å². The summed E-state index contributed by atoms with van der Waals surface area (Å²) in [4.78, 5) is 27.9. The van der Waals surface area contributed by atoms with Crippen LogP contribution in [0.1, 0.15) is 43.9 Å². The van der Waals surface area contributed by atoms with Gasteiger partial charge in [0.15, 0.2) is 0 Å². The summed E-state index contributed by atoms with van der Waals surface area (Å²) in [5.41, 5.74) is 3.31. The second kappa shape index (κ2) is 13.2. The highest BCUT2D eigenvalue weighted by Crippen LogP contribution is 2.19. The zero-order valence-electron chi connectivity index (χ0n) is 19.9. The van der Waals surface area contributed by atoms with Crippen molar-refractivity contribution in [1.82, 2.24) is 10.2 Å². The zero-order chi connectivity index (χ0) is 23.5. The number of carbonyl (C=O) groups excluding carboxylic acids is 2. The fraction of sp³-hybridized carbons (Fsp3) is 0.462. The van der Waals surface area contributed by atoms with Crippen LogP contribution in [0.25, 0.3) is 0 Å². The van der Waals surface area contributed by atoms with Gasteiger partial charge in [-0.1, -0.05) is 62.7 Å². The molecule has 0 aliphatic rings. The van der Waals surface area contributed by atoms with Crippen LogP contribution in [-0.4, -0.2) is 42.2 Å². The smallest absolute Gasteiger partial charge is 0.242 e. The standard InChI is InChI=1S/C26H36N2O3S/c1-6-24(26(30)27-15-19(2)3)28(16-22-9-7-8-20(4)14-22)25(29)18-32-17-21-10-12-23(31-5)13-11-21/h7-14,19,24H,6,15-18H2,1-5H3,(H,27,30). The highest BCUT2D eigenvalue weighted by atomic mass is 32.2. The summed E-state index contributed by atoms with van der Waals surface area (Å²) in [6.45, 7) is 9.15. The minimum atomic E-state index is -0.483. The first-order valence-electron chi connectivity index (χ1n) is 11.2. The van der Waals surface area contributed by atoms with Gasteiger partial charge >= 0.3 is 0 Å². The van der Waals surface area contributed by atoms with Gasteiger partial charge in [-0.25, -0.2) is 0 Å². The lowest BCUT2D eigenvalue weighted by atomic mass is 10.1. The molecule has 0 fully saturated rings. The lowest BCUT2D eigenvalue weighted by Gasteiger charge is -2.31. The molecule has 1 unspecified atom stereocenters. The third-order valence-electron chi connectivity index (χ3n) is 5.16. The van der Waals surface area contributed by atoms with Gasteiger partial charge in [-0.2, -0.15) is 0 Å². The molecule has 0 saturated carbocycles. The molecule has 1 atom stereocenters. The number of nitrogens with zero attached hydrogens (tertiary/aromatic N) is 1. The van der Waals surface area contributed by atoms with Crippen LogP contribution in [0.3, 0.4) is 0 Å². The Bertz CT molecular complexity index is 868. The number of hydrogen-bond acceptors (Lipinski definition) is 4. The summed E-state index contributed by atoms with van der Waals surface area (Å²) in [5, 5.41) is 3.01. The fourth-order valence-corrected chi connectivity index (χ4v) is 4.28. The summed E-state index contributed by atoms with van der Waals surface area (Å²) in [5.74, 6) is 2.13. The quantitative estimate of drug-likeness (QED) is 0.498. The van der Waals surface area contributed by atoms with E-state index in [0.29, 0.717) is 31.2 Å². The van der Waals surface area contributed by atoms with Crippen LogP contribution >= 0.6 is 11.8 Å². The molecule has 0 saturated heterocycles. The van der Waals surface area contributed by atoms with Crippen molar-refractivity contribution in [3.05, 3.63) is 65.2 Å². The number of amides is 2. The summed E-state index contributed by atoms with van der Waals surface area (Å²) in [7, 11) is 1.65. The van der Waals surface area contributed by atoms with Crippen molar-refractivity contribution >= 4 is 23.6 Å². The van der Waals surface area contributed by atoms with Crippen LogP contribution < -0.4 is 10.1 Å². The minimum absolute atomic E-state index is 0.0171. The highest BCUT2D eigenvalue weighted by molar-refractivity contribution is 7.99. The van der Waals surface area contributed by atoms with Crippen LogP contribution in [-0.2, 0) is 21.9 Å². The monoisotopic (exact) mass is 456 g/mol. The molecule has 5 nitrogen and oxygen atoms in total. The number of ether oxygens (including phenoxy) is 1. The lowest BCUT2D eigenvalue weighted by molar-refractivity contribution is -0.139. The van der Waals surface area contributed by atoms with Crippen molar-refractivity contribution in [3.63, 3.8) is 0 Å². The Morgan fingerprint density at radius 3 is 2.41 bits per heavy atom. The summed E-state index contributed by atoms with van der Waals surface area (Å²) in [6.07, 6.45) is 0.574. The number of hydrogen-bond donors (Lipinski definition) is 1. The first-order valence-corrected chi connectivity index (χ1v) is 12.3. The Kier molecular flexibility index (Phi) is 10.6. The van der Waals surface area contributed by atoms with Gasteiger partial charge < -0.3 is 15.0 Å². The zero-order valence-corrected chi connectivity index (χ0v) is 20.7. The maximum absolute atomic E-state index is 13.3. The molecule has 2 aromatic carbocycles. The predicted molar refractivity (Wildman–Crippen MR) is 133 cm³/mol.